The molecule has 0 bridgehead atoms. The number of nitrogens with one attached hydrogen (secondary N) is 1. The van der Waals surface area contributed by atoms with Crippen LogP contribution in [-0.4, -0.2) is 25.2 Å². The minimum Gasteiger partial charge on any atom is -0.376 e. The number of aryl methyl sites for hydroxylation is 2. The summed E-state index contributed by atoms with van der Waals surface area (Å²) >= 11 is 0. The number of ether oxygens (including phenoxy) is 1. The summed E-state index contributed by atoms with van der Waals surface area (Å²) in [5.74, 6) is 0.108. The van der Waals surface area contributed by atoms with Crippen molar-refractivity contribution >= 4 is 5.91 Å². The molecule has 3 heteroatoms. The van der Waals surface area contributed by atoms with Crippen molar-refractivity contribution in [2.75, 3.05) is 13.2 Å². The summed E-state index contributed by atoms with van der Waals surface area (Å²) in [6.45, 7) is 1.50. The predicted octanol–water partition coefficient (Wildman–Crippen LogP) is 2.40. The summed E-state index contributed by atoms with van der Waals surface area (Å²) in [6, 6.07) is 6.53. The highest BCUT2D eigenvalue weighted by molar-refractivity contribution is 5.78. The average Bonchev–Trinajstić information content (AvgIpc) is 2.98. The van der Waals surface area contributed by atoms with Crippen LogP contribution < -0.4 is 5.32 Å². The monoisotopic (exact) mass is 273 g/mol. The van der Waals surface area contributed by atoms with Crippen LogP contribution in [0.5, 0.6) is 0 Å². The minimum atomic E-state index is 0.108. The fraction of sp³-hybridized carbons (Fsp3) is 0.588. The number of rotatable bonds is 4. The highest BCUT2D eigenvalue weighted by Crippen LogP contribution is 2.22. The standard InChI is InChI=1S/C17H23NO2/c19-17(18-12-16-6-3-9-20-16)11-13-7-8-14-4-1-2-5-15(14)10-13/h7-8,10,16H,1-6,9,11-12H2,(H,18,19)/t16-/m0/s1. The lowest BCUT2D eigenvalue weighted by Crippen LogP contribution is -2.32. The van der Waals surface area contributed by atoms with Crippen molar-refractivity contribution in [3.63, 3.8) is 0 Å². The number of benzene rings is 1. The Bertz CT molecular complexity index is 478. The molecule has 20 heavy (non-hydrogen) atoms. The third-order valence-corrected chi connectivity index (χ3v) is 4.33. The van der Waals surface area contributed by atoms with E-state index < -0.39 is 0 Å². The Morgan fingerprint density at radius 1 is 1.20 bits per heavy atom. The fourth-order valence-electron chi connectivity index (χ4n) is 3.18. The molecule has 2 aliphatic rings. The van der Waals surface area contributed by atoms with Gasteiger partial charge < -0.3 is 10.1 Å². The highest BCUT2D eigenvalue weighted by Gasteiger charge is 2.16. The van der Waals surface area contributed by atoms with Gasteiger partial charge in [-0.05, 0) is 55.2 Å². The Morgan fingerprint density at radius 3 is 2.85 bits per heavy atom. The molecule has 1 aromatic rings. The lowest BCUT2D eigenvalue weighted by molar-refractivity contribution is -0.120. The van der Waals surface area contributed by atoms with Crippen molar-refractivity contribution in [3.05, 3.63) is 34.9 Å². The van der Waals surface area contributed by atoms with Gasteiger partial charge in [-0.25, -0.2) is 0 Å². The third-order valence-electron chi connectivity index (χ3n) is 4.33. The maximum absolute atomic E-state index is 12.0. The molecule has 1 fully saturated rings. The van der Waals surface area contributed by atoms with Gasteiger partial charge in [-0.15, -0.1) is 0 Å². The normalized spacial score (nSPS) is 21.5. The van der Waals surface area contributed by atoms with E-state index in [0.29, 0.717) is 13.0 Å². The van der Waals surface area contributed by atoms with Gasteiger partial charge in [0.15, 0.2) is 0 Å². The molecular weight excluding hydrogens is 250 g/mol. The van der Waals surface area contributed by atoms with Crippen molar-refractivity contribution in [2.45, 2.75) is 51.0 Å². The zero-order valence-electron chi connectivity index (χ0n) is 12.0. The zero-order chi connectivity index (χ0) is 13.8. The van der Waals surface area contributed by atoms with Crippen LogP contribution in [0.3, 0.4) is 0 Å². The van der Waals surface area contributed by atoms with E-state index in [-0.39, 0.29) is 12.0 Å². The largest absolute Gasteiger partial charge is 0.376 e. The molecule has 3 nitrogen and oxygen atoms in total. The van der Waals surface area contributed by atoms with Crippen molar-refractivity contribution < 1.29 is 9.53 Å². The number of fused-ring (bicyclic) bond motifs is 1. The van der Waals surface area contributed by atoms with Crippen molar-refractivity contribution in [1.29, 1.82) is 0 Å². The fourth-order valence-corrected chi connectivity index (χ4v) is 3.18. The lowest BCUT2D eigenvalue weighted by atomic mass is 9.90. The van der Waals surface area contributed by atoms with Gasteiger partial charge in [-0.3, -0.25) is 4.79 Å². The van der Waals surface area contributed by atoms with Gasteiger partial charge in [0.2, 0.25) is 5.91 Å². The summed E-state index contributed by atoms with van der Waals surface area (Å²) in [6.07, 6.45) is 7.84. The van der Waals surface area contributed by atoms with Crippen LogP contribution in [0.2, 0.25) is 0 Å². The number of hydrogen-bond acceptors (Lipinski definition) is 2. The second-order valence-electron chi connectivity index (χ2n) is 5.93. The van der Waals surface area contributed by atoms with E-state index in [2.05, 4.69) is 23.5 Å². The summed E-state index contributed by atoms with van der Waals surface area (Å²) in [5.41, 5.74) is 4.05. The maximum atomic E-state index is 12.0. The van der Waals surface area contributed by atoms with Crippen LogP contribution in [0, 0.1) is 0 Å². The van der Waals surface area contributed by atoms with Gasteiger partial charge in [0.05, 0.1) is 12.5 Å². The molecule has 1 aliphatic heterocycles. The van der Waals surface area contributed by atoms with Crippen molar-refractivity contribution in [3.8, 4) is 0 Å². The Kier molecular flexibility index (Phi) is 4.36. The van der Waals surface area contributed by atoms with E-state index in [0.717, 1.165) is 25.0 Å². The highest BCUT2D eigenvalue weighted by atomic mass is 16.5. The number of carbonyl (C=O) groups excluding carboxylic acids is 1. The van der Waals surface area contributed by atoms with Crippen LogP contribution >= 0.6 is 0 Å². The van der Waals surface area contributed by atoms with E-state index in [1.807, 2.05) is 0 Å². The Labute approximate surface area is 120 Å². The van der Waals surface area contributed by atoms with Gasteiger partial charge >= 0.3 is 0 Å². The Hall–Kier alpha value is -1.35. The molecule has 0 unspecified atom stereocenters. The minimum absolute atomic E-state index is 0.108. The molecule has 1 saturated heterocycles. The quantitative estimate of drug-likeness (QED) is 0.915. The lowest BCUT2D eigenvalue weighted by Gasteiger charge is -2.16. The molecule has 3 rings (SSSR count). The first-order valence-corrected chi connectivity index (χ1v) is 7.80. The SMILES string of the molecule is O=C(Cc1ccc2c(c1)CCCC2)NC[C@@H]1CCCO1. The van der Waals surface area contributed by atoms with Crippen LogP contribution in [0.4, 0.5) is 0 Å². The summed E-state index contributed by atoms with van der Waals surface area (Å²) in [5, 5.41) is 2.99. The van der Waals surface area contributed by atoms with Crippen LogP contribution in [0.1, 0.15) is 42.4 Å². The maximum Gasteiger partial charge on any atom is 0.224 e. The average molecular weight is 273 g/mol. The molecule has 108 valence electrons. The number of amides is 1. The summed E-state index contributed by atoms with van der Waals surface area (Å²) < 4.78 is 5.51. The Morgan fingerprint density at radius 2 is 2.05 bits per heavy atom. The second kappa shape index (κ2) is 6.40. The van der Waals surface area contributed by atoms with E-state index >= 15 is 0 Å². The van der Waals surface area contributed by atoms with Crippen LogP contribution in [-0.2, 0) is 28.8 Å². The molecular formula is C17H23NO2. The molecule has 1 heterocycles. The van der Waals surface area contributed by atoms with Gasteiger partial charge in [-0.2, -0.15) is 0 Å². The van der Waals surface area contributed by atoms with Crippen molar-refractivity contribution in [1.82, 2.24) is 5.32 Å². The predicted molar refractivity (Wildman–Crippen MR) is 78.8 cm³/mol. The number of carbonyl (C=O) groups is 1. The summed E-state index contributed by atoms with van der Waals surface area (Å²) in [4.78, 5) is 12.0. The Balaban J connectivity index is 1.52. The molecule has 0 aromatic heterocycles. The van der Waals surface area contributed by atoms with E-state index in [1.54, 1.807) is 0 Å². The first kappa shape index (κ1) is 13.6. The first-order valence-electron chi connectivity index (χ1n) is 7.80. The van der Waals surface area contributed by atoms with Gasteiger partial charge in [0.1, 0.15) is 0 Å². The second-order valence-corrected chi connectivity index (χ2v) is 5.93. The van der Waals surface area contributed by atoms with Gasteiger partial charge in [0, 0.05) is 13.2 Å². The molecule has 0 saturated carbocycles. The van der Waals surface area contributed by atoms with E-state index in [1.165, 1.54) is 36.8 Å². The van der Waals surface area contributed by atoms with Crippen LogP contribution in [0.15, 0.2) is 18.2 Å². The molecule has 1 N–H and O–H groups in total. The molecule has 1 amide bonds. The molecule has 1 atom stereocenters. The first-order chi connectivity index (χ1) is 9.81. The molecule has 0 radical (unpaired) electrons. The third kappa shape index (κ3) is 3.40. The summed E-state index contributed by atoms with van der Waals surface area (Å²) in [7, 11) is 0. The molecule has 1 aromatic carbocycles. The topological polar surface area (TPSA) is 38.3 Å². The zero-order valence-corrected chi connectivity index (χ0v) is 12.0. The molecule has 0 spiro atoms. The smallest absolute Gasteiger partial charge is 0.224 e. The van der Waals surface area contributed by atoms with E-state index in [9.17, 15) is 4.79 Å². The van der Waals surface area contributed by atoms with Gasteiger partial charge in [0.25, 0.3) is 0 Å². The van der Waals surface area contributed by atoms with E-state index in [4.69, 9.17) is 4.74 Å². The number of hydrogen-bond donors (Lipinski definition) is 1. The van der Waals surface area contributed by atoms with Crippen molar-refractivity contribution in [2.24, 2.45) is 0 Å². The van der Waals surface area contributed by atoms with Crippen LogP contribution in [0.25, 0.3) is 0 Å². The van der Waals surface area contributed by atoms with Gasteiger partial charge in [-0.1, -0.05) is 18.2 Å². The molecule has 1 aliphatic carbocycles.